The van der Waals surface area contributed by atoms with Crippen LogP contribution in [0.4, 0.5) is 4.39 Å². The Morgan fingerprint density at radius 2 is 2.10 bits per heavy atom. The van der Waals surface area contributed by atoms with Crippen LogP contribution in [0.1, 0.15) is 16.7 Å². The summed E-state index contributed by atoms with van der Waals surface area (Å²) in [6.07, 6.45) is 1.95. The van der Waals surface area contributed by atoms with Crippen LogP contribution in [0.15, 0.2) is 47.4 Å². The summed E-state index contributed by atoms with van der Waals surface area (Å²) in [4.78, 5) is 1.39. The van der Waals surface area contributed by atoms with Gasteiger partial charge in [0.05, 0.1) is 0 Å². The van der Waals surface area contributed by atoms with Crippen LogP contribution in [0.2, 0.25) is 0 Å². The Kier molecular flexibility index (Phi) is 4.32. The summed E-state index contributed by atoms with van der Waals surface area (Å²) < 4.78 is 13.5. The molecule has 3 heteroatoms. The van der Waals surface area contributed by atoms with Crippen LogP contribution in [0.3, 0.4) is 0 Å². The van der Waals surface area contributed by atoms with E-state index in [2.05, 4.69) is 36.5 Å². The zero-order valence-corrected chi connectivity index (χ0v) is 13.2. The van der Waals surface area contributed by atoms with Gasteiger partial charge in [-0.1, -0.05) is 24.3 Å². The van der Waals surface area contributed by atoms with Crippen molar-refractivity contribution in [2.75, 3.05) is 7.05 Å². The van der Waals surface area contributed by atoms with Crippen LogP contribution in [0, 0.1) is 12.7 Å². The molecular formula is C18H20FNS. The van der Waals surface area contributed by atoms with Gasteiger partial charge in [0.2, 0.25) is 0 Å². The number of likely N-dealkylation sites (N-methyl/N-ethyl adjacent to an activating group) is 1. The van der Waals surface area contributed by atoms with E-state index in [1.807, 2.05) is 24.9 Å². The number of aryl methyl sites for hydroxylation is 1. The van der Waals surface area contributed by atoms with E-state index < -0.39 is 0 Å². The Bertz CT molecular complexity index is 616. The normalized spacial score (nSPS) is 18.5. The predicted molar refractivity (Wildman–Crippen MR) is 87.5 cm³/mol. The molecule has 110 valence electrons. The molecular weight excluding hydrogens is 281 g/mol. The molecule has 2 atom stereocenters. The molecule has 0 bridgehead atoms. The molecule has 0 saturated carbocycles. The molecule has 0 spiro atoms. The van der Waals surface area contributed by atoms with Crippen molar-refractivity contribution >= 4 is 11.8 Å². The van der Waals surface area contributed by atoms with E-state index >= 15 is 0 Å². The molecule has 0 fully saturated rings. The standard InChI is InChI=1S/C18H20FNS/c1-12-7-8-15(19)9-14(12)10-16(20-2)18-11-13-5-3-4-6-17(13)21-18/h3-9,16,18,20H,10-11H2,1-2H3. The molecule has 0 aromatic heterocycles. The minimum absolute atomic E-state index is 0.146. The maximum absolute atomic E-state index is 13.5. The molecule has 1 N–H and O–H groups in total. The van der Waals surface area contributed by atoms with E-state index in [1.165, 1.54) is 16.5 Å². The summed E-state index contributed by atoms with van der Waals surface area (Å²) in [5, 5.41) is 3.94. The van der Waals surface area contributed by atoms with Crippen LogP contribution < -0.4 is 5.32 Å². The van der Waals surface area contributed by atoms with E-state index in [4.69, 9.17) is 0 Å². The van der Waals surface area contributed by atoms with E-state index in [0.29, 0.717) is 11.3 Å². The van der Waals surface area contributed by atoms with Gasteiger partial charge in [0.15, 0.2) is 0 Å². The second-order valence-corrected chi connectivity index (χ2v) is 6.92. The number of halogens is 1. The van der Waals surface area contributed by atoms with Crippen molar-refractivity contribution in [3.05, 3.63) is 65.0 Å². The lowest BCUT2D eigenvalue weighted by molar-refractivity contribution is 0.533. The highest BCUT2D eigenvalue weighted by molar-refractivity contribution is 8.00. The first-order chi connectivity index (χ1) is 10.2. The second kappa shape index (κ2) is 6.20. The first kappa shape index (κ1) is 14.6. The molecule has 0 amide bonds. The number of benzene rings is 2. The molecule has 2 aromatic rings. The Morgan fingerprint density at radius 1 is 1.29 bits per heavy atom. The van der Waals surface area contributed by atoms with Gasteiger partial charge in [0.1, 0.15) is 5.82 Å². The molecule has 0 saturated heterocycles. The van der Waals surface area contributed by atoms with Gasteiger partial charge in [-0.15, -0.1) is 11.8 Å². The average Bonchev–Trinajstić information content (AvgIpc) is 2.91. The first-order valence-corrected chi connectivity index (χ1v) is 8.22. The lowest BCUT2D eigenvalue weighted by Gasteiger charge is -2.23. The Labute approximate surface area is 130 Å². The molecule has 1 aliphatic heterocycles. The summed E-state index contributed by atoms with van der Waals surface area (Å²) in [6.45, 7) is 2.05. The fourth-order valence-corrected chi connectivity index (χ4v) is 4.40. The van der Waals surface area contributed by atoms with Gasteiger partial charge in [0.25, 0.3) is 0 Å². The molecule has 1 heterocycles. The van der Waals surface area contributed by atoms with Crippen LogP contribution in [0.25, 0.3) is 0 Å². The van der Waals surface area contributed by atoms with Crippen molar-refractivity contribution in [3.63, 3.8) is 0 Å². The molecule has 21 heavy (non-hydrogen) atoms. The summed E-state index contributed by atoms with van der Waals surface area (Å²) in [5.41, 5.74) is 3.70. The Balaban J connectivity index is 1.76. The summed E-state index contributed by atoms with van der Waals surface area (Å²) in [5.74, 6) is -0.146. The molecule has 2 unspecified atom stereocenters. The highest BCUT2D eigenvalue weighted by Gasteiger charge is 2.28. The van der Waals surface area contributed by atoms with Crippen LogP contribution in [-0.2, 0) is 12.8 Å². The third-order valence-corrected chi connectivity index (χ3v) is 5.69. The van der Waals surface area contributed by atoms with Crippen molar-refractivity contribution < 1.29 is 4.39 Å². The molecule has 3 rings (SSSR count). The molecule has 2 aromatic carbocycles. The summed E-state index contributed by atoms with van der Waals surface area (Å²) >= 11 is 1.94. The smallest absolute Gasteiger partial charge is 0.123 e. The first-order valence-electron chi connectivity index (χ1n) is 7.34. The van der Waals surface area contributed by atoms with Crippen molar-refractivity contribution in [3.8, 4) is 0 Å². The molecule has 0 radical (unpaired) electrons. The molecule has 1 aliphatic rings. The number of hydrogen-bond acceptors (Lipinski definition) is 2. The average molecular weight is 301 g/mol. The van der Waals surface area contributed by atoms with Gasteiger partial charge >= 0.3 is 0 Å². The number of nitrogens with one attached hydrogen (secondary N) is 1. The van der Waals surface area contributed by atoms with Gasteiger partial charge in [0, 0.05) is 16.2 Å². The van der Waals surface area contributed by atoms with Gasteiger partial charge < -0.3 is 5.32 Å². The van der Waals surface area contributed by atoms with Gasteiger partial charge in [-0.25, -0.2) is 4.39 Å². The van der Waals surface area contributed by atoms with Crippen LogP contribution >= 0.6 is 11.8 Å². The van der Waals surface area contributed by atoms with Crippen molar-refractivity contribution in [1.29, 1.82) is 0 Å². The van der Waals surface area contributed by atoms with Crippen LogP contribution in [-0.4, -0.2) is 18.3 Å². The van der Waals surface area contributed by atoms with Gasteiger partial charge in [-0.3, -0.25) is 0 Å². The van der Waals surface area contributed by atoms with E-state index in [1.54, 1.807) is 6.07 Å². The second-order valence-electron chi connectivity index (χ2n) is 5.64. The summed E-state index contributed by atoms with van der Waals surface area (Å²) in [6, 6.07) is 14.0. The van der Waals surface area contributed by atoms with Gasteiger partial charge in [-0.05, 0) is 61.7 Å². The van der Waals surface area contributed by atoms with Crippen molar-refractivity contribution in [2.45, 2.75) is 36.0 Å². The van der Waals surface area contributed by atoms with Crippen molar-refractivity contribution in [2.24, 2.45) is 0 Å². The SMILES string of the molecule is CNC(Cc1cc(F)ccc1C)C1Cc2ccccc2S1. The molecule has 1 nitrogen and oxygen atoms in total. The largest absolute Gasteiger partial charge is 0.316 e. The predicted octanol–water partition coefficient (Wildman–Crippen LogP) is 3.98. The third kappa shape index (κ3) is 3.14. The highest BCUT2D eigenvalue weighted by atomic mass is 32.2. The number of rotatable bonds is 4. The zero-order valence-electron chi connectivity index (χ0n) is 12.4. The Hall–Kier alpha value is -1.32. The quantitative estimate of drug-likeness (QED) is 0.916. The molecule has 0 aliphatic carbocycles. The minimum Gasteiger partial charge on any atom is -0.316 e. The topological polar surface area (TPSA) is 12.0 Å². The number of thioether (sulfide) groups is 1. The summed E-state index contributed by atoms with van der Waals surface area (Å²) in [7, 11) is 2.00. The van der Waals surface area contributed by atoms with Crippen LogP contribution in [0.5, 0.6) is 0 Å². The number of hydrogen-bond donors (Lipinski definition) is 1. The number of fused-ring (bicyclic) bond motifs is 1. The lowest BCUT2D eigenvalue weighted by atomic mass is 9.96. The van der Waals surface area contributed by atoms with E-state index in [0.717, 1.165) is 24.0 Å². The fraction of sp³-hybridized carbons (Fsp3) is 0.333. The third-order valence-electron chi connectivity index (χ3n) is 4.24. The monoisotopic (exact) mass is 301 g/mol. The zero-order chi connectivity index (χ0) is 14.8. The maximum Gasteiger partial charge on any atom is 0.123 e. The fourth-order valence-electron chi connectivity index (χ4n) is 2.95. The van der Waals surface area contributed by atoms with E-state index in [-0.39, 0.29) is 5.82 Å². The Morgan fingerprint density at radius 3 is 2.86 bits per heavy atom. The van der Waals surface area contributed by atoms with Gasteiger partial charge in [-0.2, -0.15) is 0 Å². The van der Waals surface area contributed by atoms with E-state index in [9.17, 15) is 4.39 Å². The maximum atomic E-state index is 13.5. The lowest BCUT2D eigenvalue weighted by Crippen LogP contribution is -2.37. The highest BCUT2D eigenvalue weighted by Crippen LogP contribution is 2.39. The van der Waals surface area contributed by atoms with Crippen molar-refractivity contribution in [1.82, 2.24) is 5.32 Å². The minimum atomic E-state index is -0.146.